The van der Waals surface area contributed by atoms with E-state index in [2.05, 4.69) is 10.0 Å². The van der Waals surface area contributed by atoms with Gasteiger partial charge < -0.3 is 5.32 Å². The highest BCUT2D eigenvalue weighted by Gasteiger charge is 2.21. The predicted octanol–water partition coefficient (Wildman–Crippen LogP) is 0.696. The van der Waals surface area contributed by atoms with E-state index in [1.807, 2.05) is 6.92 Å². The molecule has 1 heterocycles. The van der Waals surface area contributed by atoms with E-state index in [0.29, 0.717) is 19.6 Å². The summed E-state index contributed by atoms with van der Waals surface area (Å²) in [6.07, 6.45) is 5.09. The van der Waals surface area contributed by atoms with Crippen molar-refractivity contribution in [2.24, 2.45) is 0 Å². The number of nitrogens with zero attached hydrogens (tertiary/aromatic N) is 1. The van der Waals surface area contributed by atoms with Crippen molar-refractivity contribution in [2.75, 3.05) is 32.7 Å². The van der Waals surface area contributed by atoms with E-state index in [1.165, 1.54) is 0 Å². The fourth-order valence-corrected chi connectivity index (χ4v) is 3.29. The van der Waals surface area contributed by atoms with Gasteiger partial charge in [-0.3, -0.25) is 0 Å². The number of rotatable bonds is 7. The lowest BCUT2D eigenvalue weighted by Crippen LogP contribution is -2.42. The van der Waals surface area contributed by atoms with E-state index in [0.717, 1.165) is 45.2 Å². The molecule has 0 aromatic rings. The zero-order valence-electron chi connectivity index (χ0n) is 10.7. The summed E-state index contributed by atoms with van der Waals surface area (Å²) in [7, 11) is -3.24. The molecular formula is C11H25N3O2S. The van der Waals surface area contributed by atoms with Gasteiger partial charge in [0.25, 0.3) is 10.2 Å². The maximum atomic E-state index is 12.0. The van der Waals surface area contributed by atoms with Gasteiger partial charge >= 0.3 is 0 Å². The predicted molar refractivity (Wildman–Crippen MR) is 70.1 cm³/mol. The summed E-state index contributed by atoms with van der Waals surface area (Å²) in [4.78, 5) is 0. The van der Waals surface area contributed by atoms with Crippen LogP contribution in [-0.2, 0) is 10.2 Å². The van der Waals surface area contributed by atoms with Crippen molar-refractivity contribution >= 4 is 10.2 Å². The minimum atomic E-state index is -3.24. The molecule has 0 aliphatic carbocycles. The number of hydrogen-bond acceptors (Lipinski definition) is 3. The van der Waals surface area contributed by atoms with Gasteiger partial charge in [0.1, 0.15) is 0 Å². The van der Waals surface area contributed by atoms with E-state index < -0.39 is 10.2 Å². The van der Waals surface area contributed by atoms with Crippen LogP contribution in [0.5, 0.6) is 0 Å². The van der Waals surface area contributed by atoms with Gasteiger partial charge in [0.2, 0.25) is 0 Å². The van der Waals surface area contributed by atoms with E-state index in [9.17, 15) is 8.42 Å². The summed E-state index contributed by atoms with van der Waals surface area (Å²) < 4.78 is 28.2. The molecule has 1 saturated heterocycles. The molecule has 17 heavy (non-hydrogen) atoms. The molecule has 6 heteroatoms. The monoisotopic (exact) mass is 263 g/mol. The smallest absolute Gasteiger partial charge is 0.279 e. The second kappa shape index (κ2) is 8.02. The molecule has 1 fully saturated rings. The van der Waals surface area contributed by atoms with E-state index in [-0.39, 0.29) is 0 Å². The maximum absolute atomic E-state index is 12.0. The Labute approximate surface area is 105 Å². The highest BCUT2D eigenvalue weighted by Crippen LogP contribution is 2.12. The Kier molecular flexibility index (Phi) is 7.03. The molecule has 102 valence electrons. The molecule has 1 aliphatic rings. The first kappa shape index (κ1) is 14.9. The Morgan fingerprint density at radius 1 is 1.06 bits per heavy atom. The summed E-state index contributed by atoms with van der Waals surface area (Å²) >= 11 is 0. The van der Waals surface area contributed by atoms with Gasteiger partial charge in [0.15, 0.2) is 0 Å². The number of hydrogen-bond donors (Lipinski definition) is 2. The fourth-order valence-electron chi connectivity index (χ4n) is 1.96. The minimum absolute atomic E-state index is 0.520. The highest BCUT2D eigenvalue weighted by atomic mass is 32.2. The number of nitrogens with one attached hydrogen (secondary N) is 2. The summed E-state index contributed by atoms with van der Waals surface area (Å²) in [5, 5.41) is 3.18. The zero-order chi connectivity index (χ0) is 12.6. The van der Waals surface area contributed by atoms with E-state index >= 15 is 0 Å². The third-order valence-electron chi connectivity index (χ3n) is 2.97. The van der Waals surface area contributed by atoms with Crippen molar-refractivity contribution < 1.29 is 8.42 Å². The van der Waals surface area contributed by atoms with Crippen LogP contribution in [0.25, 0.3) is 0 Å². The minimum Gasteiger partial charge on any atom is -0.317 e. The van der Waals surface area contributed by atoms with Crippen LogP contribution in [0.2, 0.25) is 0 Å². The van der Waals surface area contributed by atoms with Gasteiger partial charge in [-0.05, 0) is 32.4 Å². The topological polar surface area (TPSA) is 61.4 Å². The van der Waals surface area contributed by atoms with E-state index in [1.54, 1.807) is 4.31 Å². The van der Waals surface area contributed by atoms with Crippen LogP contribution in [0.15, 0.2) is 0 Å². The first-order valence-electron chi connectivity index (χ1n) is 6.62. The largest absolute Gasteiger partial charge is 0.317 e. The first-order chi connectivity index (χ1) is 8.17. The van der Waals surface area contributed by atoms with Gasteiger partial charge in [0, 0.05) is 19.6 Å². The van der Waals surface area contributed by atoms with Crippen LogP contribution in [-0.4, -0.2) is 45.4 Å². The molecule has 1 rings (SSSR count). The second-order valence-corrected chi connectivity index (χ2v) is 6.17. The molecule has 0 saturated carbocycles. The maximum Gasteiger partial charge on any atom is 0.279 e. The van der Waals surface area contributed by atoms with Gasteiger partial charge in [-0.15, -0.1) is 0 Å². The Morgan fingerprint density at radius 3 is 2.29 bits per heavy atom. The second-order valence-electron chi connectivity index (χ2n) is 4.42. The van der Waals surface area contributed by atoms with Crippen molar-refractivity contribution in [1.29, 1.82) is 0 Å². The average molecular weight is 263 g/mol. The van der Waals surface area contributed by atoms with Crippen LogP contribution >= 0.6 is 0 Å². The highest BCUT2D eigenvalue weighted by molar-refractivity contribution is 7.87. The lowest BCUT2D eigenvalue weighted by molar-refractivity contribution is 0.414. The quantitative estimate of drug-likeness (QED) is 0.665. The third kappa shape index (κ3) is 5.81. The molecule has 0 unspecified atom stereocenters. The van der Waals surface area contributed by atoms with Crippen molar-refractivity contribution in [3.05, 3.63) is 0 Å². The average Bonchev–Trinajstić information content (AvgIpc) is 2.57. The molecule has 2 N–H and O–H groups in total. The van der Waals surface area contributed by atoms with Crippen LogP contribution < -0.4 is 10.0 Å². The zero-order valence-corrected chi connectivity index (χ0v) is 11.6. The SMILES string of the molecule is CCNCCCNS(=O)(=O)N1CCCCCC1. The van der Waals surface area contributed by atoms with Gasteiger partial charge in [-0.2, -0.15) is 12.7 Å². The third-order valence-corrected chi connectivity index (χ3v) is 4.58. The summed E-state index contributed by atoms with van der Waals surface area (Å²) in [5.41, 5.74) is 0. The van der Waals surface area contributed by atoms with Crippen LogP contribution in [0.4, 0.5) is 0 Å². The normalized spacial score (nSPS) is 19.1. The Hall–Kier alpha value is -0.170. The molecule has 1 aliphatic heterocycles. The molecule has 0 aromatic carbocycles. The Bertz CT molecular complexity index is 285. The molecule has 0 bridgehead atoms. The molecule has 0 spiro atoms. The lowest BCUT2D eigenvalue weighted by atomic mass is 10.2. The van der Waals surface area contributed by atoms with E-state index in [4.69, 9.17) is 0 Å². The van der Waals surface area contributed by atoms with Crippen LogP contribution in [0.1, 0.15) is 39.0 Å². The molecule has 0 amide bonds. The summed E-state index contributed by atoms with van der Waals surface area (Å²) in [6.45, 7) is 5.69. The Morgan fingerprint density at radius 2 is 1.71 bits per heavy atom. The van der Waals surface area contributed by atoms with Crippen LogP contribution in [0.3, 0.4) is 0 Å². The summed E-state index contributed by atoms with van der Waals surface area (Å²) in [6, 6.07) is 0. The molecular weight excluding hydrogens is 238 g/mol. The summed E-state index contributed by atoms with van der Waals surface area (Å²) in [5.74, 6) is 0. The molecule has 0 radical (unpaired) electrons. The Balaban J connectivity index is 2.28. The van der Waals surface area contributed by atoms with Gasteiger partial charge in [-0.25, -0.2) is 4.72 Å². The van der Waals surface area contributed by atoms with Crippen molar-refractivity contribution in [3.8, 4) is 0 Å². The van der Waals surface area contributed by atoms with Gasteiger partial charge in [0.05, 0.1) is 0 Å². The van der Waals surface area contributed by atoms with Gasteiger partial charge in [-0.1, -0.05) is 19.8 Å². The van der Waals surface area contributed by atoms with Crippen molar-refractivity contribution in [3.63, 3.8) is 0 Å². The lowest BCUT2D eigenvalue weighted by Gasteiger charge is -2.20. The molecule has 0 atom stereocenters. The van der Waals surface area contributed by atoms with Crippen LogP contribution in [0, 0.1) is 0 Å². The molecule has 5 nitrogen and oxygen atoms in total. The van der Waals surface area contributed by atoms with Crippen molar-refractivity contribution in [2.45, 2.75) is 39.0 Å². The van der Waals surface area contributed by atoms with Crippen molar-refractivity contribution in [1.82, 2.24) is 14.3 Å². The molecule has 0 aromatic heterocycles. The standard InChI is InChI=1S/C11H25N3O2S/c1-2-12-8-7-9-13-17(15,16)14-10-5-3-4-6-11-14/h12-13H,2-11H2,1H3. The fraction of sp³-hybridized carbons (Fsp3) is 1.00. The first-order valence-corrected chi connectivity index (χ1v) is 8.06.